The van der Waals surface area contributed by atoms with Crippen molar-refractivity contribution in [3.05, 3.63) is 253 Å². The van der Waals surface area contributed by atoms with Gasteiger partial charge in [-0.05, 0) is 100 Å². The molecular weight excluding hydrogens is 773 g/mol. The van der Waals surface area contributed by atoms with Crippen LogP contribution in [0.15, 0.2) is 231 Å². The smallest absolute Gasteiger partial charge is 0.140 e. The molecule has 0 aromatic heterocycles. The van der Waals surface area contributed by atoms with Crippen LogP contribution in [0.1, 0.15) is 22.3 Å². The van der Waals surface area contributed by atoms with Crippen LogP contribution in [0.25, 0.3) is 86.9 Å². The molecule has 1 aliphatic heterocycles. The minimum absolute atomic E-state index is 0.538. The van der Waals surface area contributed by atoms with Crippen LogP contribution in [0.2, 0.25) is 0 Å². The summed E-state index contributed by atoms with van der Waals surface area (Å²) < 4.78 is 7.56. The molecule has 1 aliphatic rings. The zero-order valence-electron chi connectivity index (χ0n) is 35.3. The fourth-order valence-electron chi connectivity index (χ4n) is 11.5. The highest BCUT2D eigenvalue weighted by molar-refractivity contribution is 6.22. The molecule has 0 atom stereocenters. The highest BCUT2D eigenvalue weighted by Gasteiger charge is 2.46. The van der Waals surface area contributed by atoms with Crippen molar-refractivity contribution in [1.29, 1.82) is 0 Å². The first-order valence-electron chi connectivity index (χ1n) is 22.4. The Morgan fingerprint density at radius 1 is 0.250 bits per heavy atom. The van der Waals surface area contributed by atoms with Gasteiger partial charge in [-0.25, -0.2) is 0 Å². The lowest BCUT2D eigenvalue weighted by atomic mass is 9.62. The highest BCUT2D eigenvalue weighted by atomic mass is 16.5. The summed E-state index contributed by atoms with van der Waals surface area (Å²) in [4.78, 5) is 0. The maximum Gasteiger partial charge on any atom is 0.140 e. The van der Waals surface area contributed by atoms with Gasteiger partial charge in [0.05, 0.1) is 0 Å². The average Bonchev–Trinajstić information content (AvgIpc) is 3.37. The van der Waals surface area contributed by atoms with E-state index < -0.39 is 5.41 Å². The summed E-state index contributed by atoms with van der Waals surface area (Å²) >= 11 is 0. The molecule has 0 fully saturated rings. The van der Waals surface area contributed by atoms with Crippen molar-refractivity contribution < 1.29 is 4.74 Å². The van der Waals surface area contributed by atoms with Crippen molar-refractivity contribution in [1.82, 2.24) is 0 Å². The van der Waals surface area contributed by atoms with Gasteiger partial charge < -0.3 is 4.74 Å². The highest BCUT2D eigenvalue weighted by Crippen LogP contribution is 2.60. The number of benzene rings is 12. The summed E-state index contributed by atoms with van der Waals surface area (Å²) in [6.45, 7) is 0. The number of fused-ring (bicyclic) bond motifs is 15. The van der Waals surface area contributed by atoms with E-state index in [0.29, 0.717) is 0 Å². The zero-order valence-corrected chi connectivity index (χ0v) is 35.3. The van der Waals surface area contributed by atoms with E-state index in [2.05, 4.69) is 231 Å². The number of hydrogen-bond donors (Lipinski definition) is 0. The summed E-state index contributed by atoms with van der Waals surface area (Å²) in [5, 5.41) is 14.7. The Morgan fingerprint density at radius 2 is 0.547 bits per heavy atom. The van der Waals surface area contributed by atoms with Gasteiger partial charge in [0.25, 0.3) is 0 Å². The van der Waals surface area contributed by atoms with Gasteiger partial charge in [0.1, 0.15) is 11.5 Å². The Balaban J connectivity index is 1.11. The molecule has 0 amide bonds. The third-order valence-electron chi connectivity index (χ3n) is 14.0. The minimum atomic E-state index is -0.538. The van der Waals surface area contributed by atoms with Crippen LogP contribution in [0.4, 0.5) is 0 Å². The summed E-state index contributed by atoms with van der Waals surface area (Å²) in [6.07, 6.45) is 1.55. The van der Waals surface area contributed by atoms with E-state index in [1.807, 2.05) is 0 Å². The second-order valence-corrected chi connectivity index (χ2v) is 17.5. The molecule has 1 nitrogen and oxygen atoms in total. The molecule has 0 N–H and O–H groups in total. The summed E-state index contributed by atoms with van der Waals surface area (Å²) in [6, 6.07) is 85.1. The van der Waals surface area contributed by atoms with Crippen LogP contribution in [0, 0.1) is 0 Å². The topological polar surface area (TPSA) is 9.23 Å². The van der Waals surface area contributed by atoms with Crippen molar-refractivity contribution >= 4 is 64.6 Å². The zero-order chi connectivity index (χ0) is 42.2. The average molecular weight is 815 g/mol. The maximum atomic E-state index is 7.56. The molecule has 300 valence electrons. The second kappa shape index (κ2) is 14.5. The Labute approximate surface area is 372 Å². The standard InChI is InChI=1S/C63H42O/c1-3-19-41(20-4-1)39-63(40-42-35-37-44(38-36-42)58-52-30-14-8-24-46(52)45-23-7-13-29-51(45)57(58)43-21-5-2-6-22-43)59-53-31-15-9-25-47(53)49-27-11-17-33-55(49)61(59)64-62-56-34-18-12-28-50(56)48-26-10-16-32-54(48)60(62)63/h1-38H,39-40H2. The van der Waals surface area contributed by atoms with Gasteiger partial charge in [0.15, 0.2) is 0 Å². The normalized spacial score (nSPS) is 13.1. The van der Waals surface area contributed by atoms with Crippen LogP contribution in [0.5, 0.6) is 11.5 Å². The van der Waals surface area contributed by atoms with Crippen molar-refractivity contribution in [2.75, 3.05) is 0 Å². The van der Waals surface area contributed by atoms with Gasteiger partial charge in [-0.15, -0.1) is 0 Å². The van der Waals surface area contributed by atoms with E-state index in [1.54, 1.807) is 0 Å². The van der Waals surface area contributed by atoms with E-state index in [-0.39, 0.29) is 0 Å². The van der Waals surface area contributed by atoms with E-state index >= 15 is 0 Å². The molecular formula is C63H42O. The lowest BCUT2D eigenvalue weighted by Gasteiger charge is -2.43. The molecule has 0 spiro atoms. The van der Waals surface area contributed by atoms with E-state index in [4.69, 9.17) is 4.74 Å². The second-order valence-electron chi connectivity index (χ2n) is 17.5. The Morgan fingerprint density at radius 3 is 0.984 bits per heavy atom. The minimum Gasteiger partial charge on any atom is -0.455 e. The molecule has 12 aromatic carbocycles. The van der Waals surface area contributed by atoms with Gasteiger partial charge >= 0.3 is 0 Å². The molecule has 0 bridgehead atoms. The van der Waals surface area contributed by atoms with Crippen molar-refractivity contribution in [3.63, 3.8) is 0 Å². The van der Waals surface area contributed by atoms with Gasteiger partial charge in [0, 0.05) is 27.3 Å². The molecule has 13 rings (SSSR count). The predicted octanol–water partition coefficient (Wildman–Crippen LogP) is 16.8. The molecule has 0 radical (unpaired) electrons. The lowest BCUT2D eigenvalue weighted by Crippen LogP contribution is -2.37. The van der Waals surface area contributed by atoms with Gasteiger partial charge in [-0.3, -0.25) is 0 Å². The van der Waals surface area contributed by atoms with Crippen LogP contribution in [0.3, 0.4) is 0 Å². The van der Waals surface area contributed by atoms with E-state index in [1.165, 1.54) is 98.4 Å². The third kappa shape index (κ3) is 5.50. The molecule has 0 saturated carbocycles. The van der Waals surface area contributed by atoms with Gasteiger partial charge in [-0.2, -0.15) is 0 Å². The largest absolute Gasteiger partial charge is 0.455 e. The fraction of sp³-hybridized carbons (Fsp3) is 0.0476. The maximum absolute atomic E-state index is 7.56. The monoisotopic (exact) mass is 814 g/mol. The number of rotatable bonds is 6. The molecule has 12 aromatic rings. The Hall–Kier alpha value is -8.00. The van der Waals surface area contributed by atoms with Crippen molar-refractivity contribution in [2.24, 2.45) is 0 Å². The third-order valence-corrected chi connectivity index (χ3v) is 14.0. The van der Waals surface area contributed by atoms with Crippen molar-refractivity contribution in [3.8, 4) is 33.8 Å². The predicted molar refractivity (Wildman–Crippen MR) is 270 cm³/mol. The molecule has 1 heteroatoms. The van der Waals surface area contributed by atoms with Crippen LogP contribution in [-0.2, 0) is 18.3 Å². The Bertz CT molecular complexity index is 3670. The first-order valence-corrected chi connectivity index (χ1v) is 22.4. The molecule has 1 heterocycles. The van der Waals surface area contributed by atoms with Crippen LogP contribution >= 0.6 is 0 Å². The molecule has 0 unspecified atom stereocenters. The summed E-state index contributed by atoms with van der Waals surface area (Å²) in [5.74, 6) is 1.93. The summed E-state index contributed by atoms with van der Waals surface area (Å²) in [7, 11) is 0. The molecule has 64 heavy (non-hydrogen) atoms. The van der Waals surface area contributed by atoms with E-state index in [9.17, 15) is 0 Å². The SMILES string of the molecule is c1ccc(CC2(Cc3ccc(-c4c(-c5ccccc5)c5ccccc5c5ccccc45)cc3)c3c(c4ccccc4c4ccccc34)Oc3c2c2ccccc2c2ccccc32)cc1. The van der Waals surface area contributed by atoms with E-state index in [0.717, 1.165) is 35.1 Å². The Kier molecular flexibility index (Phi) is 8.33. The first-order chi connectivity index (χ1) is 31.7. The van der Waals surface area contributed by atoms with Crippen LogP contribution < -0.4 is 4.74 Å². The van der Waals surface area contributed by atoms with Crippen molar-refractivity contribution in [2.45, 2.75) is 18.3 Å². The molecule has 0 saturated heterocycles. The fourth-order valence-corrected chi connectivity index (χ4v) is 11.5. The lowest BCUT2D eigenvalue weighted by molar-refractivity contribution is 0.399. The van der Waals surface area contributed by atoms with Gasteiger partial charge in [-0.1, -0.05) is 231 Å². The number of hydrogen-bond acceptors (Lipinski definition) is 1. The number of ether oxygens (including phenoxy) is 1. The van der Waals surface area contributed by atoms with Gasteiger partial charge in [0.2, 0.25) is 0 Å². The summed E-state index contributed by atoms with van der Waals surface area (Å²) in [5.41, 5.74) is 9.52. The first kappa shape index (κ1) is 36.6. The molecule has 0 aliphatic carbocycles. The quantitative estimate of drug-likeness (QED) is 0.152. The van der Waals surface area contributed by atoms with Crippen LogP contribution in [-0.4, -0.2) is 0 Å².